The second-order valence-corrected chi connectivity index (χ2v) is 5.22. The van der Waals surface area contributed by atoms with Gasteiger partial charge in [0.1, 0.15) is 16.8 Å². The zero-order chi connectivity index (χ0) is 14.6. The smallest absolute Gasteiger partial charge is 0.329 e. The molecule has 0 bridgehead atoms. The molecule has 0 radical (unpaired) electrons. The molecular weight excluding hydrogens is 279 g/mol. The maximum absolute atomic E-state index is 13.3. The van der Waals surface area contributed by atoms with Crippen LogP contribution >= 0.6 is 0 Å². The van der Waals surface area contributed by atoms with Crippen LogP contribution in [0.25, 0.3) is 0 Å². The number of sulfonamides is 1. The van der Waals surface area contributed by atoms with Gasteiger partial charge in [-0.2, -0.15) is 0 Å². The first-order valence-corrected chi connectivity index (χ1v) is 6.53. The van der Waals surface area contributed by atoms with Crippen molar-refractivity contribution in [1.29, 1.82) is 0 Å². The molecule has 9 heteroatoms. The van der Waals surface area contributed by atoms with Crippen molar-refractivity contribution in [2.24, 2.45) is 0 Å². The number of amides is 2. The summed E-state index contributed by atoms with van der Waals surface area (Å²) in [6.45, 7) is 1.15. The lowest BCUT2D eigenvalue weighted by atomic mass is 10.3. The summed E-state index contributed by atoms with van der Waals surface area (Å²) < 4.78 is 38.1. The van der Waals surface area contributed by atoms with Gasteiger partial charge in [0.25, 0.3) is 10.0 Å². The second kappa shape index (κ2) is 5.65. The number of hydrogen-bond donors (Lipinski definition) is 3. The predicted octanol–water partition coefficient (Wildman–Crippen LogP) is 0.287. The number of carbonyl (C=O) groups excluding carboxylic acids is 1. The van der Waals surface area contributed by atoms with Gasteiger partial charge < -0.3 is 10.4 Å². The molecule has 0 saturated carbocycles. The summed E-state index contributed by atoms with van der Waals surface area (Å²) >= 11 is 0. The van der Waals surface area contributed by atoms with Gasteiger partial charge in [0.2, 0.25) is 0 Å². The molecule has 0 aliphatic heterocycles. The number of carboxylic acids is 1. The summed E-state index contributed by atoms with van der Waals surface area (Å²) in [7, 11) is -4.39. The molecule has 0 spiro atoms. The Balaban J connectivity index is 2.84. The number of benzene rings is 1. The average molecular weight is 290 g/mol. The molecule has 1 aromatic rings. The van der Waals surface area contributed by atoms with Gasteiger partial charge in [-0.15, -0.1) is 0 Å². The quantitative estimate of drug-likeness (QED) is 0.737. The van der Waals surface area contributed by atoms with Crippen molar-refractivity contribution in [2.75, 3.05) is 0 Å². The normalized spacial score (nSPS) is 12.5. The minimum atomic E-state index is -4.39. The maximum Gasteiger partial charge on any atom is 0.329 e. The van der Waals surface area contributed by atoms with E-state index in [2.05, 4.69) is 0 Å². The fraction of sp³-hybridized carbons (Fsp3) is 0.200. The lowest BCUT2D eigenvalue weighted by Crippen LogP contribution is -2.46. The van der Waals surface area contributed by atoms with Gasteiger partial charge in [-0.3, -0.25) is 4.79 Å². The summed E-state index contributed by atoms with van der Waals surface area (Å²) in [4.78, 5) is 21.0. The fourth-order valence-electron chi connectivity index (χ4n) is 1.13. The highest BCUT2D eigenvalue weighted by Gasteiger charge is 2.23. The van der Waals surface area contributed by atoms with Crippen molar-refractivity contribution >= 4 is 22.0 Å². The number of aliphatic carboxylic acids is 1. The molecule has 104 valence electrons. The minimum Gasteiger partial charge on any atom is -0.480 e. The highest BCUT2D eigenvalue weighted by atomic mass is 32.2. The Morgan fingerprint density at radius 3 is 2.42 bits per heavy atom. The van der Waals surface area contributed by atoms with Gasteiger partial charge in [-0.05, 0) is 19.1 Å². The summed E-state index contributed by atoms with van der Waals surface area (Å²) in [5, 5.41) is 10.4. The minimum absolute atomic E-state index is 0.701. The molecule has 0 aliphatic rings. The lowest BCUT2D eigenvalue weighted by molar-refractivity contribution is -0.138. The molecule has 1 aromatic carbocycles. The first kappa shape index (κ1) is 14.9. The zero-order valence-corrected chi connectivity index (χ0v) is 10.6. The third kappa shape index (κ3) is 3.91. The van der Waals surface area contributed by atoms with Crippen LogP contribution < -0.4 is 10.0 Å². The van der Waals surface area contributed by atoms with E-state index in [-0.39, 0.29) is 0 Å². The monoisotopic (exact) mass is 290 g/mol. The van der Waals surface area contributed by atoms with E-state index in [1.165, 1.54) is 16.9 Å². The van der Waals surface area contributed by atoms with E-state index >= 15 is 0 Å². The molecule has 2 amide bonds. The Morgan fingerprint density at radius 1 is 1.32 bits per heavy atom. The van der Waals surface area contributed by atoms with Crippen molar-refractivity contribution < 1.29 is 27.5 Å². The van der Waals surface area contributed by atoms with E-state index in [1.54, 1.807) is 0 Å². The van der Waals surface area contributed by atoms with Crippen molar-refractivity contribution in [3.05, 3.63) is 30.1 Å². The van der Waals surface area contributed by atoms with E-state index in [0.29, 0.717) is 0 Å². The van der Waals surface area contributed by atoms with E-state index in [0.717, 1.165) is 19.1 Å². The Bertz CT molecular complexity index is 602. The van der Waals surface area contributed by atoms with Gasteiger partial charge in [-0.1, -0.05) is 12.1 Å². The van der Waals surface area contributed by atoms with Crippen molar-refractivity contribution in [2.45, 2.75) is 17.9 Å². The predicted molar refractivity (Wildman–Crippen MR) is 62.4 cm³/mol. The van der Waals surface area contributed by atoms with Crippen LogP contribution in [0.2, 0.25) is 0 Å². The molecule has 0 saturated heterocycles. The largest absolute Gasteiger partial charge is 0.480 e. The van der Waals surface area contributed by atoms with Gasteiger partial charge in [0.15, 0.2) is 0 Å². The van der Waals surface area contributed by atoms with Crippen molar-refractivity contribution in [3.8, 4) is 0 Å². The van der Waals surface area contributed by atoms with Crippen LogP contribution in [0.1, 0.15) is 6.92 Å². The highest BCUT2D eigenvalue weighted by molar-refractivity contribution is 7.90. The Morgan fingerprint density at radius 2 is 1.89 bits per heavy atom. The third-order valence-corrected chi connectivity index (χ3v) is 3.44. The summed E-state index contributed by atoms with van der Waals surface area (Å²) in [6, 6.07) is 1.95. The molecule has 7 nitrogen and oxygen atoms in total. The van der Waals surface area contributed by atoms with E-state index in [4.69, 9.17) is 5.11 Å². The topological polar surface area (TPSA) is 113 Å². The van der Waals surface area contributed by atoms with E-state index < -0.39 is 38.8 Å². The average Bonchev–Trinajstić information content (AvgIpc) is 2.27. The molecule has 0 aromatic heterocycles. The van der Waals surface area contributed by atoms with Gasteiger partial charge >= 0.3 is 12.0 Å². The van der Waals surface area contributed by atoms with Crippen LogP contribution in [0.3, 0.4) is 0 Å². The van der Waals surface area contributed by atoms with Crippen LogP contribution in [0.5, 0.6) is 0 Å². The first-order chi connectivity index (χ1) is 8.74. The molecule has 0 heterocycles. The summed E-state index contributed by atoms with van der Waals surface area (Å²) in [6.07, 6.45) is 0. The summed E-state index contributed by atoms with van der Waals surface area (Å²) in [5.41, 5.74) is 0. The third-order valence-electron chi connectivity index (χ3n) is 2.07. The number of nitrogens with one attached hydrogen (secondary N) is 2. The maximum atomic E-state index is 13.3. The van der Waals surface area contributed by atoms with Gasteiger partial charge in [0, 0.05) is 0 Å². The molecule has 1 rings (SSSR count). The van der Waals surface area contributed by atoms with Crippen LogP contribution in [0, 0.1) is 5.82 Å². The van der Waals surface area contributed by atoms with Crippen LogP contribution in [0.4, 0.5) is 9.18 Å². The molecule has 3 N–H and O–H groups in total. The Kier molecular flexibility index (Phi) is 4.43. The van der Waals surface area contributed by atoms with Crippen molar-refractivity contribution in [1.82, 2.24) is 10.0 Å². The molecule has 0 aliphatic carbocycles. The van der Waals surface area contributed by atoms with E-state index in [1.807, 2.05) is 5.32 Å². The number of halogens is 1. The standard InChI is InChI=1S/C10H11FN2O5S/c1-6(9(14)15)12-10(16)13-19(17,18)8-5-3-2-4-7(8)11/h2-6H,1H3,(H,14,15)(H2,12,13,16)/t6-/m1/s1. The highest BCUT2D eigenvalue weighted by Crippen LogP contribution is 2.12. The molecular formula is C10H11FN2O5S. The lowest BCUT2D eigenvalue weighted by Gasteiger charge is -2.11. The molecule has 1 atom stereocenters. The van der Waals surface area contributed by atoms with E-state index in [9.17, 15) is 22.4 Å². The Labute approximate surface area is 108 Å². The summed E-state index contributed by atoms with van der Waals surface area (Å²) in [5.74, 6) is -2.35. The first-order valence-electron chi connectivity index (χ1n) is 5.04. The second-order valence-electron chi connectivity index (χ2n) is 3.57. The number of carboxylic acid groups (broad SMARTS) is 1. The van der Waals surface area contributed by atoms with Gasteiger partial charge in [0.05, 0.1) is 0 Å². The van der Waals surface area contributed by atoms with Crippen molar-refractivity contribution in [3.63, 3.8) is 0 Å². The SMILES string of the molecule is C[C@@H](NC(=O)NS(=O)(=O)c1ccccc1F)C(=O)O. The Hall–Kier alpha value is -2.16. The van der Waals surface area contributed by atoms with Crippen LogP contribution in [-0.4, -0.2) is 31.6 Å². The molecule has 19 heavy (non-hydrogen) atoms. The molecule has 0 fully saturated rings. The van der Waals surface area contributed by atoms with Crippen LogP contribution in [0.15, 0.2) is 29.2 Å². The molecule has 0 unspecified atom stereocenters. The zero-order valence-electron chi connectivity index (χ0n) is 9.75. The van der Waals surface area contributed by atoms with Gasteiger partial charge in [-0.25, -0.2) is 22.3 Å². The number of urea groups is 1. The number of rotatable bonds is 4. The number of hydrogen-bond acceptors (Lipinski definition) is 4. The fourth-order valence-corrected chi connectivity index (χ4v) is 2.12. The number of carbonyl (C=O) groups is 2. The van der Waals surface area contributed by atoms with Crippen LogP contribution in [-0.2, 0) is 14.8 Å².